The molecule has 3 rings (SSSR count). The summed E-state index contributed by atoms with van der Waals surface area (Å²) in [6, 6.07) is 0. The number of hydrogen-bond donors (Lipinski definition) is 3. The monoisotopic (exact) mass is 346 g/mol. The first-order valence-corrected chi connectivity index (χ1v) is 7.82. The summed E-state index contributed by atoms with van der Waals surface area (Å²) in [5.74, 6) is -3.58. The van der Waals surface area contributed by atoms with Crippen molar-refractivity contribution in [1.29, 1.82) is 0 Å². The van der Waals surface area contributed by atoms with Gasteiger partial charge in [-0.25, -0.2) is 0 Å². The van der Waals surface area contributed by atoms with Crippen LogP contribution < -0.4 is 10.9 Å². The molecule has 0 aromatic rings. The third kappa shape index (κ3) is 2.20. The lowest BCUT2D eigenvalue weighted by Gasteiger charge is -2.24. The van der Waals surface area contributed by atoms with Crippen LogP contribution in [-0.2, 0) is 14.4 Å². The summed E-state index contributed by atoms with van der Waals surface area (Å²) >= 11 is 11.8. The van der Waals surface area contributed by atoms with Crippen LogP contribution in [0.1, 0.15) is 19.8 Å². The Morgan fingerprint density at radius 2 is 1.68 bits per heavy atom. The van der Waals surface area contributed by atoms with Crippen molar-refractivity contribution >= 4 is 41.0 Å². The summed E-state index contributed by atoms with van der Waals surface area (Å²) in [5.41, 5.74) is 3.70. The van der Waals surface area contributed by atoms with Crippen molar-refractivity contribution in [1.82, 2.24) is 10.9 Å². The number of hydrogen-bond acceptors (Lipinski definition) is 3. The Balaban J connectivity index is 1.62. The molecule has 3 N–H and O–H groups in total. The lowest BCUT2D eigenvalue weighted by atomic mass is 9.82. The van der Waals surface area contributed by atoms with Crippen LogP contribution in [0.15, 0.2) is 12.2 Å². The summed E-state index contributed by atoms with van der Waals surface area (Å²) < 4.78 is -1.12. The minimum Gasteiger partial charge on any atom is -0.481 e. The Morgan fingerprint density at radius 1 is 1.14 bits per heavy atom. The zero-order valence-corrected chi connectivity index (χ0v) is 13.3. The molecule has 2 bridgehead atoms. The van der Waals surface area contributed by atoms with Crippen LogP contribution >= 0.6 is 23.2 Å². The van der Waals surface area contributed by atoms with E-state index in [1.807, 2.05) is 12.2 Å². The van der Waals surface area contributed by atoms with Gasteiger partial charge < -0.3 is 5.11 Å². The second-order valence-electron chi connectivity index (χ2n) is 6.49. The number of fused-ring (bicyclic) bond motifs is 2. The van der Waals surface area contributed by atoms with Gasteiger partial charge in [-0.2, -0.15) is 0 Å². The molecule has 0 radical (unpaired) electrons. The van der Waals surface area contributed by atoms with Gasteiger partial charge in [0, 0.05) is 0 Å². The topological polar surface area (TPSA) is 95.5 Å². The molecule has 2 fully saturated rings. The zero-order valence-electron chi connectivity index (χ0n) is 11.8. The predicted octanol–water partition coefficient (Wildman–Crippen LogP) is 1.24. The van der Waals surface area contributed by atoms with E-state index in [2.05, 4.69) is 10.9 Å². The van der Waals surface area contributed by atoms with E-state index in [0.717, 1.165) is 0 Å². The van der Waals surface area contributed by atoms with Crippen molar-refractivity contribution < 1.29 is 19.5 Å². The molecule has 0 aromatic carbocycles. The molecule has 3 aliphatic carbocycles. The molecule has 0 aliphatic heterocycles. The Hall–Kier alpha value is -1.27. The molecular formula is C14H16Cl2N2O4. The summed E-state index contributed by atoms with van der Waals surface area (Å²) in [6.45, 7) is 1.61. The standard InChI is InChI=1S/C14H16Cl2N2O4/c1-13(5-14(13,15)16)12(22)18-17-10(19)8-6-2-3-7(4-6)9(8)11(20)21/h2-3,6-9H,4-5H2,1H3,(H,17,19)(H,18,22)(H,20,21)/t6-,7-,8+,9-,13-/m0/s1. The average molecular weight is 347 g/mol. The molecule has 3 aliphatic rings. The minimum absolute atomic E-state index is 0.0975. The van der Waals surface area contributed by atoms with Gasteiger partial charge in [0.2, 0.25) is 11.8 Å². The smallest absolute Gasteiger partial charge is 0.307 e. The normalized spacial score (nSPS) is 40.3. The van der Waals surface area contributed by atoms with Crippen LogP contribution in [0.2, 0.25) is 0 Å². The maximum Gasteiger partial charge on any atom is 0.307 e. The number of rotatable bonds is 3. The van der Waals surface area contributed by atoms with Crippen LogP contribution in [0, 0.1) is 29.1 Å². The van der Waals surface area contributed by atoms with Crippen LogP contribution in [-0.4, -0.2) is 27.2 Å². The van der Waals surface area contributed by atoms with Crippen LogP contribution in [0.3, 0.4) is 0 Å². The van der Waals surface area contributed by atoms with Gasteiger partial charge in [0.05, 0.1) is 17.3 Å². The number of alkyl halides is 2. The molecule has 22 heavy (non-hydrogen) atoms. The van der Waals surface area contributed by atoms with Crippen molar-refractivity contribution in [3.8, 4) is 0 Å². The van der Waals surface area contributed by atoms with Gasteiger partial charge in [0.1, 0.15) is 4.33 Å². The zero-order chi connectivity index (χ0) is 16.3. The third-order valence-electron chi connectivity index (χ3n) is 5.11. The van der Waals surface area contributed by atoms with Crippen molar-refractivity contribution in [2.24, 2.45) is 29.1 Å². The van der Waals surface area contributed by atoms with Gasteiger partial charge in [-0.15, -0.1) is 23.2 Å². The van der Waals surface area contributed by atoms with E-state index in [9.17, 15) is 19.5 Å². The maximum absolute atomic E-state index is 12.3. The van der Waals surface area contributed by atoms with Gasteiger partial charge in [0.25, 0.3) is 0 Å². The largest absolute Gasteiger partial charge is 0.481 e. The second-order valence-corrected chi connectivity index (χ2v) is 7.98. The highest BCUT2D eigenvalue weighted by molar-refractivity contribution is 6.53. The van der Waals surface area contributed by atoms with Crippen LogP contribution in [0.5, 0.6) is 0 Å². The van der Waals surface area contributed by atoms with Gasteiger partial charge in [-0.1, -0.05) is 12.2 Å². The maximum atomic E-state index is 12.3. The number of carbonyl (C=O) groups excluding carboxylic acids is 2. The lowest BCUT2D eigenvalue weighted by molar-refractivity contribution is -0.148. The number of allylic oxidation sites excluding steroid dienone is 2. The second kappa shape index (κ2) is 4.86. The van der Waals surface area contributed by atoms with E-state index < -0.39 is 39.4 Å². The Labute approximate surface area is 137 Å². The molecular weight excluding hydrogens is 331 g/mol. The number of carboxylic acids is 1. The molecule has 5 atom stereocenters. The highest BCUT2D eigenvalue weighted by Crippen LogP contribution is 2.63. The van der Waals surface area contributed by atoms with Gasteiger partial charge in [-0.05, 0) is 31.6 Å². The number of aliphatic carboxylic acids is 1. The van der Waals surface area contributed by atoms with E-state index in [4.69, 9.17) is 23.2 Å². The fourth-order valence-corrected chi connectivity index (χ4v) is 4.21. The lowest BCUT2D eigenvalue weighted by Crippen LogP contribution is -2.50. The first kappa shape index (κ1) is 15.6. The van der Waals surface area contributed by atoms with Crippen molar-refractivity contribution in [3.05, 3.63) is 12.2 Å². The molecule has 2 saturated carbocycles. The number of halogens is 2. The fourth-order valence-electron chi connectivity index (χ4n) is 3.50. The molecule has 0 saturated heterocycles. The van der Waals surface area contributed by atoms with E-state index >= 15 is 0 Å². The van der Waals surface area contributed by atoms with Gasteiger partial charge in [0.15, 0.2) is 0 Å². The summed E-state index contributed by atoms with van der Waals surface area (Å²) in [6.07, 6.45) is 4.69. The van der Waals surface area contributed by atoms with Crippen LogP contribution in [0.4, 0.5) is 0 Å². The molecule has 2 amide bonds. The molecule has 0 spiro atoms. The Bertz CT molecular complexity index is 591. The van der Waals surface area contributed by atoms with Crippen molar-refractivity contribution in [2.45, 2.75) is 24.1 Å². The van der Waals surface area contributed by atoms with E-state index in [1.165, 1.54) is 0 Å². The summed E-state index contributed by atoms with van der Waals surface area (Å²) in [4.78, 5) is 35.6. The van der Waals surface area contributed by atoms with Crippen molar-refractivity contribution in [2.75, 3.05) is 0 Å². The average Bonchev–Trinajstić information content (AvgIpc) is 2.85. The first-order chi connectivity index (χ1) is 10.2. The van der Waals surface area contributed by atoms with Gasteiger partial charge >= 0.3 is 5.97 Å². The fraction of sp³-hybridized carbons (Fsp3) is 0.643. The Morgan fingerprint density at radius 3 is 2.18 bits per heavy atom. The van der Waals surface area contributed by atoms with E-state index in [-0.39, 0.29) is 11.8 Å². The summed E-state index contributed by atoms with van der Waals surface area (Å²) in [5, 5.41) is 9.30. The Kier molecular flexibility index (Phi) is 3.45. The number of carbonyl (C=O) groups is 3. The number of nitrogens with one attached hydrogen (secondary N) is 2. The van der Waals surface area contributed by atoms with E-state index in [1.54, 1.807) is 6.92 Å². The molecule has 0 unspecified atom stereocenters. The molecule has 0 aromatic heterocycles. The highest BCUT2D eigenvalue weighted by atomic mass is 35.5. The number of amides is 2. The first-order valence-electron chi connectivity index (χ1n) is 7.06. The van der Waals surface area contributed by atoms with Crippen LogP contribution in [0.25, 0.3) is 0 Å². The number of carboxylic acid groups (broad SMARTS) is 1. The minimum atomic E-state index is -1.12. The highest BCUT2D eigenvalue weighted by Gasteiger charge is 2.68. The van der Waals surface area contributed by atoms with Gasteiger partial charge in [-0.3, -0.25) is 25.2 Å². The molecule has 0 heterocycles. The third-order valence-corrected chi connectivity index (χ3v) is 6.21. The number of hydrazine groups is 1. The molecule has 120 valence electrons. The molecule has 6 nitrogen and oxygen atoms in total. The SMILES string of the molecule is C[C@@]1(C(=O)NNC(=O)[C@H]2[C@@H](C(=O)O)[C@H]3C=C[C@H]2C3)CC1(Cl)Cl. The van der Waals surface area contributed by atoms with Crippen molar-refractivity contribution in [3.63, 3.8) is 0 Å². The quantitative estimate of drug-likeness (QED) is 0.407. The summed E-state index contributed by atoms with van der Waals surface area (Å²) in [7, 11) is 0. The molecule has 8 heteroatoms. The predicted molar refractivity (Wildman–Crippen MR) is 78.8 cm³/mol. The van der Waals surface area contributed by atoms with E-state index in [0.29, 0.717) is 12.8 Å².